The van der Waals surface area contributed by atoms with Gasteiger partial charge >= 0.3 is 6.18 Å². The molecule has 1 aliphatic heterocycles. The first kappa shape index (κ1) is 15.3. The number of methoxy groups -OCH3 is 1. The summed E-state index contributed by atoms with van der Waals surface area (Å²) in [6.07, 6.45) is -3.86. The summed E-state index contributed by atoms with van der Waals surface area (Å²) in [4.78, 5) is 4.10. The maximum Gasteiger partial charge on any atom is 0.422 e. The molecule has 0 bridgehead atoms. The van der Waals surface area contributed by atoms with Gasteiger partial charge in [-0.1, -0.05) is 11.6 Å². The van der Waals surface area contributed by atoms with Crippen LogP contribution in [0.2, 0.25) is 5.15 Å². The number of rotatable bonds is 4. The van der Waals surface area contributed by atoms with Crippen LogP contribution in [0.4, 0.5) is 13.2 Å². The third-order valence-electron chi connectivity index (χ3n) is 3.01. The minimum atomic E-state index is -4.41. The summed E-state index contributed by atoms with van der Waals surface area (Å²) in [6.45, 7) is -0.625. The molecule has 2 heterocycles. The monoisotopic (exact) mass is 311 g/mol. The molecule has 0 radical (unpaired) electrons. The summed E-state index contributed by atoms with van der Waals surface area (Å²) >= 11 is 5.83. The molecule has 0 aromatic carbocycles. The lowest BCUT2D eigenvalue weighted by Gasteiger charge is -2.25. The van der Waals surface area contributed by atoms with Crippen LogP contribution in [0, 0.1) is 0 Å². The van der Waals surface area contributed by atoms with E-state index in [1.54, 1.807) is 0 Å². The van der Waals surface area contributed by atoms with Crippen LogP contribution < -0.4 is 4.74 Å². The fraction of sp³-hybridized carbons (Fsp3) is 0.583. The smallest absolute Gasteiger partial charge is 0.422 e. The molecule has 1 atom stereocenters. The van der Waals surface area contributed by atoms with Crippen molar-refractivity contribution in [1.82, 2.24) is 4.98 Å². The van der Waals surface area contributed by atoms with Crippen LogP contribution in [-0.2, 0) is 15.1 Å². The Bertz CT molecular complexity index is 476. The van der Waals surface area contributed by atoms with Gasteiger partial charge in [0.25, 0.3) is 0 Å². The third-order valence-corrected chi connectivity index (χ3v) is 3.21. The largest absolute Gasteiger partial charge is 0.484 e. The van der Waals surface area contributed by atoms with E-state index in [0.717, 1.165) is 0 Å². The minimum Gasteiger partial charge on any atom is -0.484 e. The molecule has 1 aromatic heterocycles. The summed E-state index contributed by atoms with van der Waals surface area (Å²) in [5.41, 5.74) is -0.386. The van der Waals surface area contributed by atoms with E-state index >= 15 is 0 Å². The highest BCUT2D eigenvalue weighted by atomic mass is 35.5. The van der Waals surface area contributed by atoms with Crippen molar-refractivity contribution in [1.29, 1.82) is 0 Å². The molecule has 20 heavy (non-hydrogen) atoms. The number of halogens is 4. The van der Waals surface area contributed by atoms with Crippen LogP contribution >= 0.6 is 11.6 Å². The lowest BCUT2D eigenvalue weighted by molar-refractivity contribution is -0.153. The zero-order valence-electron chi connectivity index (χ0n) is 10.7. The van der Waals surface area contributed by atoms with Crippen molar-refractivity contribution in [3.63, 3.8) is 0 Å². The lowest BCUT2D eigenvalue weighted by atomic mass is 9.98. The Morgan fingerprint density at radius 1 is 1.45 bits per heavy atom. The fourth-order valence-electron chi connectivity index (χ4n) is 1.97. The number of ether oxygens (including phenoxy) is 3. The quantitative estimate of drug-likeness (QED) is 0.802. The van der Waals surface area contributed by atoms with Crippen LogP contribution in [-0.4, -0.2) is 38.1 Å². The van der Waals surface area contributed by atoms with Crippen molar-refractivity contribution in [3.8, 4) is 5.75 Å². The predicted molar refractivity (Wildman–Crippen MR) is 64.9 cm³/mol. The third kappa shape index (κ3) is 3.53. The van der Waals surface area contributed by atoms with Gasteiger partial charge in [-0.05, 0) is 0 Å². The van der Waals surface area contributed by atoms with Crippen LogP contribution in [0.5, 0.6) is 5.75 Å². The number of pyridine rings is 1. The van der Waals surface area contributed by atoms with Gasteiger partial charge in [0.15, 0.2) is 6.61 Å². The molecule has 1 aliphatic rings. The molecule has 0 saturated carbocycles. The normalized spacial score (nSPS) is 23.1. The SMILES string of the molecule is COC1(c2cc(OCC(F)(F)F)cc(Cl)n2)CCOC1. The van der Waals surface area contributed by atoms with Gasteiger partial charge in [-0.3, -0.25) is 0 Å². The maximum atomic E-state index is 12.2. The summed E-state index contributed by atoms with van der Waals surface area (Å²) in [5.74, 6) is 0.000602. The van der Waals surface area contributed by atoms with E-state index in [-0.39, 0.29) is 17.5 Å². The first-order chi connectivity index (χ1) is 9.35. The molecule has 4 nitrogen and oxygen atoms in total. The molecule has 2 rings (SSSR count). The maximum absolute atomic E-state index is 12.2. The van der Waals surface area contributed by atoms with Gasteiger partial charge < -0.3 is 14.2 Å². The molecule has 112 valence electrons. The van der Waals surface area contributed by atoms with Crippen molar-refractivity contribution < 1.29 is 27.4 Å². The van der Waals surface area contributed by atoms with Gasteiger partial charge in [0, 0.05) is 32.3 Å². The Morgan fingerprint density at radius 2 is 2.20 bits per heavy atom. The van der Waals surface area contributed by atoms with Crippen LogP contribution in [0.15, 0.2) is 12.1 Å². The average Bonchev–Trinajstić information content (AvgIpc) is 2.85. The van der Waals surface area contributed by atoms with E-state index in [4.69, 9.17) is 25.8 Å². The van der Waals surface area contributed by atoms with Crippen molar-refractivity contribution in [2.45, 2.75) is 18.2 Å². The molecule has 0 amide bonds. The summed E-state index contributed by atoms with van der Waals surface area (Å²) in [7, 11) is 1.49. The van der Waals surface area contributed by atoms with Crippen LogP contribution in [0.1, 0.15) is 12.1 Å². The molecule has 1 saturated heterocycles. The summed E-state index contributed by atoms with van der Waals surface area (Å²) < 4.78 is 51.9. The molecule has 0 N–H and O–H groups in total. The molecular weight excluding hydrogens is 299 g/mol. The summed E-state index contributed by atoms with van der Waals surface area (Å²) in [6, 6.07) is 2.63. The van der Waals surface area contributed by atoms with Gasteiger partial charge in [0.1, 0.15) is 16.5 Å². The zero-order valence-corrected chi connectivity index (χ0v) is 11.4. The van der Waals surface area contributed by atoms with E-state index < -0.39 is 18.4 Å². The first-order valence-corrected chi connectivity index (χ1v) is 6.23. The van der Waals surface area contributed by atoms with Gasteiger partial charge in [0.2, 0.25) is 0 Å². The lowest BCUT2D eigenvalue weighted by Crippen LogP contribution is -2.30. The second-order valence-electron chi connectivity index (χ2n) is 4.42. The molecule has 0 aliphatic carbocycles. The molecule has 1 aromatic rings. The molecular formula is C12H13ClF3NO3. The Balaban J connectivity index is 2.24. The molecule has 0 spiro atoms. The van der Waals surface area contributed by atoms with Crippen molar-refractivity contribution in [2.24, 2.45) is 0 Å². The van der Waals surface area contributed by atoms with Crippen molar-refractivity contribution >= 4 is 11.6 Å². The highest BCUT2D eigenvalue weighted by molar-refractivity contribution is 6.29. The van der Waals surface area contributed by atoms with Gasteiger partial charge in [-0.2, -0.15) is 13.2 Å². The van der Waals surface area contributed by atoms with E-state index in [1.165, 1.54) is 19.2 Å². The highest BCUT2D eigenvalue weighted by Crippen LogP contribution is 2.35. The number of hydrogen-bond acceptors (Lipinski definition) is 4. The number of nitrogens with zero attached hydrogens (tertiary/aromatic N) is 1. The van der Waals surface area contributed by atoms with Gasteiger partial charge in [0.05, 0.1) is 12.3 Å². The molecule has 1 fully saturated rings. The van der Waals surface area contributed by atoms with Gasteiger partial charge in [-0.15, -0.1) is 0 Å². The number of alkyl halides is 3. The average molecular weight is 312 g/mol. The Kier molecular flexibility index (Phi) is 4.41. The summed E-state index contributed by atoms with van der Waals surface area (Å²) in [5, 5.41) is 0.0444. The zero-order chi connectivity index (χ0) is 14.8. The van der Waals surface area contributed by atoms with E-state index in [2.05, 4.69) is 4.98 Å². The van der Waals surface area contributed by atoms with Crippen LogP contribution in [0.3, 0.4) is 0 Å². The number of hydrogen-bond donors (Lipinski definition) is 0. The number of aromatic nitrogens is 1. The van der Waals surface area contributed by atoms with Crippen molar-refractivity contribution in [3.05, 3.63) is 23.0 Å². The van der Waals surface area contributed by atoms with Gasteiger partial charge in [-0.25, -0.2) is 4.98 Å². The minimum absolute atomic E-state index is 0.000602. The second-order valence-corrected chi connectivity index (χ2v) is 4.80. The second kappa shape index (κ2) is 5.75. The van der Waals surface area contributed by atoms with E-state index in [1.807, 2.05) is 0 Å². The van der Waals surface area contributed by atoms with E-state index in [0.29, 0.717) is 18.7 Å². The topological polar surface area (TPSA) is 40.6 Å². The Hall–Kier alpha value is -1.05. The predicted octanol–water partition coefficient (Wildman–Crippen LogP) is 2.94. The molecule has 8 heteroatoms. The van der Waals surface area contributed by atoms with Crippen molar-refractivity contribution in [2.75, 3.05) is 26.9 Å². The standard InChI is InChI=1S/C12H13ClF3NO3/c1-18-11(2-3-19-6-11)9-4-8(5-10(13)17-9)20-7-12(14,15)16/h4-5H,2-3,6-7H2,1H3. The molecule has 1 unspecified atom stereocenters. The Morgan fingerprint density at radius 3 is 2.75 bits per heavy atom. The van der Waals surface area contributed by atoms with E-state index in [9.17, 15) is 13.2 Å². The van der Waals surface area contributed by atoms with Crippen LogP contribution in [0.25, 0.3) is 0 Å². The fourth-order valence-corrected chi connectivity index (χ4v) is 2.17. The highest BCUT2D eigenvalue weighted by Gasteiger charge is 2.39. The first-order valence-electron chi connectivity index (χ1n) is 5.85. The Labute approximate surface area is 118 Å².